The number of benzene rings is 2. The summed E-state index contributed by atoms with van der Waals surface area (Å²) < 4.78 is 2.49. The van der Waals surface area contributed by atoms with E-state index < -0.39 is 0 Å². The van der Waals surface area contributed by atoms with Crippen LogP contribution in [0.25, 0.3) is 11.0 Å². The molecule has 0 N–H and O–H groups in total. The quantitative estimate of drug-likeness (QED) is 0.674. The van der Waals surface area contributed by atoms with Crippen LogP contribution < -0.4 is 0 Å². The molecular weight excluding hydrogens is 316 g/mol. The van der Waals surface area contributed by atoms with E-state index >= 15 is 0 Å². The molecule has 0 atom stereocenters. The van der Waals surface area contributed by atoms with Gasteiger partial charge in [0.2, 0.25) is 0 Å². The Morgan fingerprint density at radius 2 is 1.90 bits per heavy atom. The third-order valence-electron chi connectivity index (χ3n) is 3.45. The van der Waals surface area contributed by atoms with Gasteiger partial charge in [0.05, 0.1) is 11.0 Å². The lowest BCUT2D eigenvalue weighted by Crippen LogP contribution is -2.10. The van der Waals surface area contributed by atoms with Crippen LogP contribution in [0.2, 0.25) is 0 Å². The molecule has 0 bridgehead atoms. The summed E-state index contributed by atoms with van der Waals surface area (Å²) in [6, 6.07) is 11.4. The van der Waals surface area contributed by atoms with Gasteiger partial charge in [0, 0.05) is 10.0 Å². The topological polar surface area (TPSA) is 34.9 Å². The Labute approximate surface area is 125 Å². The number of fused-ring (bicyclic) bond motifs is 1. The minimum Gasteiger partial charge on any atom is -0.268 e. The Morgan fingerprint density at radius 1 is 1.15 bits per heavy atom. The minimum atomic E-state index is -0.0722. The van der Waals surface area contributed by atoms with Crippen LogP contribution in [0.3, 0.4) is 0 Å². The van der Waals surface area contributed by atoms with Crippen molar-refractivity contribution in [3.8, 4) is 0 Å². The SMILES string of the molecule is Cc1cc2ncn(C(=O)c3cccc(Br)c3)c2cc1C. The first-order valence-corrected chi connectivity index (χ1v) is 7.10. The van der Waals surface area contributed by atoms with Gasteiger partial charge in [-0.25, -0.2) is 4.98 Å². The molecule has 0 radical (unpaired) electrons. The van der Waals surface area contributed by atoms with Gasteiger partial charge in [-0.3, -0.25) is 9.36 Å². The summed E-state index contributed by atoms with van der Waals surface area (Å²) in [5.41, 5.74) is 4.66. The number of hydrogen-bond donors (Lipinski definition) is 0. The van der Waals surface area contributed by atoms with E-state index in [-0.39, 0.29) is 5.91 Å². The van der Waals surface area contributed by atoms with Crippen molar-refractivity contribution < 1.29 is 4.79 Å². The van der Waals surface area contributed by atoms with Gasteiger partial charge in [-0.1, -0.05) is 22.0 Å². The molecule has 0 aliphatic rings. The van der Waals surface area contributed by atoms with E-state index in [1.165, 1.54) is 5.56 Å². The van der Waals surface area contributed by atoms with Gasteiger partial charge < -0.3 is 0 Å². The summed E-state index contributed by atoms with van der Waals surface area (Å²) in [7, 11) is 0. The van der Waals surface area contributed by atoms with Gasteiger partial charge in [0.1, 0.15) is 6.33 Å². The highest BCUT2D eigenvalue weighted by atomic mass is 79.9. The lowest BCUT2D eigenvalue weighted by molar-refractivity contribution is 0.0964. The van der Waals surface area contributed by atoms with Crippen molar-refractivity contribution in [3.05, 3.63) is 63.9 Å². The zero-order valence-electron chi connectivity index (χ0n) is 11.2. The molecule has 0 saturated carbocycles. The van der Waals surface area contributed by atoms with Gasteiger partial charge in [-0.05, 0) is 55.3 Å². The van der Waals surface area contributed by atoms with E-state index in [4.69, 9.17) is 0 Å². The lowest BCUT2D eigenvalue weighted by atomic mass is 10.1. The van der Waals surface area contributed by atoms with Crippen molar-refractivity contribution in [2.75, 3.05) is 0 Å². The number of imidazole rings is 1. The number of halogens is 1. The highest BCUT2D eigenvalue weighted by molar-refractivity contribution is 9.10. The fraction of sp³-hybridized carbons (Fsp3) is 0.125. The predicted octanol–water partition coefficient (Wildman–Crippen LogP) is 4.10. The molecule has 20 heavy (non-hydrogen) atoms. The molecule has 0 aliphatic heterocycles. The first kappa shape index (κ1) is 13.1. The molecule has 1 aromatic heterocycles. The number of nitrogens with zero attached hydrogens (tertiary/aromatic N) is 2. The molecule has 4 heteroatoms. The average molecular weight is 329 g/mol. The van der Waals surface area contributed by atoms with E-state index in [1.54, 1.807) is 17.0 Å². The molecular formula is C16H13BrN2O. The molecule has 0 saturated heterocycles. The first-order chi connectivity index (χ1) is 9.56. The van der Waals surface area contributed by atoms with Crippen LogP contribution in [-0.2, 0) is 0 Å². The van der Waals surface area contributed by atoms with Crippen molar-refractivity contribution in [1.82, 2.24) is 9.55 Å². The van der Waals surface area contributed by atoms with Crippen LogP contribution in [0, 0.1) is 13.8 Å². The summed E-state index contributed by atoms with van der Waals surface area (Å²) in [5, 5.41) is 0. The molecule has 3 aromatic rings. The number of aromatic nitrogens is 2. The summed E-state index contributed by atoms with van der Waals surface area (Å²) in [5.74, 6) is -0.0722. The average Bonchev–Trinajstić information content (AvgIpc) is 2.81. The fourth-order valence-electron chi connectivity index (χ4n) is 2.19. The lowest BCUT2D eigenvalue weighted by Gasteiger charge is -2.05. The number of carbonyl (C=O) groups excluding carboxylic acids is 1. The van der Waals surface area contributed by atoms with Gasteiger partial charge in [0.25, 0.3) is 5.91 Å². The molecule has 0 fully saturated rings. The van der Waals surface area contributed by atoms with E-state index in [0.717, 1.165) is 21.1 Å². The highest BCUT2D eigenvalue weighted by Gasteiger charge is 2.13. The Hall–Kier alpha value is -1.94. The zero-order valence-corrected chi connectivity index (χ0v) is 12.8. The first-order valence-electron chi connectivity index (χ1n) is 6.31. The standard InChI is InChI=1S/C16H13BrN2O/c1-10-6-14-15(7-11(10)2)19(9-18-14)16(20)12-4-3-5-13(17)8-12/h3-9H,1-2H3. The monoisotopic (exact) mass is 328 g/mol. The predicted molar refractivity (Wildman–Crippen MR) is 83.1 cm³/mol. The Morgan fingerprint density at radius 3 is 2.65 bits per heavy atom. The second-order valence-corrected chi connectivity index (χ2v) is 5.77. The van der Waals surface area contributed by atoms with Crippen LogP contribution >= 0.6 is 15.9 Å². The van der Waals surface area contributed by atoms with Crippen molar-refractivity contribution in [1.29, 1.82) is 0 Å². The molecule has 1 heterocycles. The van der Waals surface area contributed by atoms with Gasteiger partial charge in [-0.15, -0.1) is 0 Å². The van der Waals surface area contributed by atoms with Gasteiger partial charge in [-0.2, -0.15) is 0 Å². The third-order valence-corrected chi connectivity index (χ3v) is 3.95. The molecule has 0 aliphatic carbocycles. The largest absolute Gasteiger partial charge is 0.268 e. The van der Waals surface area contributed by atoms with Crippen LogP contribution in [0.5, 0.6) is 0 Å². The van der Waals surface area contributed by atoms with Crippen LogP contribution in [0.4, 0.5) is 0 Å². The van der Waals surface area contributed by atoms with Crippen LogP contribution in [0.15, 0.2) is 47.2 Å². The maximum absolute atomic E-state index is 12.6. The Kier molecular flexibility index (Phi) is 3.18. The molecule has 3 rings (SSSR count). The van der Waals surface area contributed by atoms with E-state index in [0.29, 0.717) is 5.56 Å². The molecule has 100 valence electrons. The van der Waals surface area contributed by atoms with E-state index in [1.807, 2.05) is 44.2 Å². The highest BCUT2D eigenvalue weighted by Crippen LogP contribution is 2.20. The summed E-state index contributed by atoms with van der Waals surface area (Å²) in [6.45, 7) is 4.08. The normalized spacial score (nSPS) is 10.9. The summed E-state index contributed by atoms with van der Waals surface area (Å²) in [4.78, 5) is 16.9. The number of hydrogen-bond acceptors (Lipinski definition) is 2. The maximum Gasteiger partial charge on any atom is 0.263 e. The molecule has 3 nitrogen and oxygen atoms in total. The zero-order chi connectivity index (χ0) is 14.3. The number of aryl methyl sites for hydroxylation is 2. The van der Waals surface area contributed by atoms with Gasteiger partial charge >= 0.3 is 0 Å². The van der Waals surface area contributed by atoms with Crippen molar-refractivity contribution in [3.63, 3.8) is 0 Å². The molecule has 2 aromatic carbocycles. The van der Waals surface area contributed by atoms with Crippen molar-refractivity contribution in [2.24, 2.45) is 0 Å². The minimum absolute atomic E-state index is 0.0722. The molecule has 0 unspecified atom stereocenters. The van der Waals surface area contributed by atoms with Crippen LogP contribution in [-0.4, -0.2) is 15.5 Å². The van der Waals surface area contributed by atoms with Crippen molar-refractivity contribution >= 4 is 32.9 Å². The molecule has 0 spiro atoms. The number of carbonyl (C=O) groups is 1. The van der Waals surface area contributed by atoms with E-state index in [9.17, 15) is 4.79 Å². The Bertz CT molecular complexity index is 820. The third kappa shape index (κ3) is 2.16. The smallest absolute Gasteiger partial charge is 0.263 e. The summed E-state index contributed by atoms with van der Waals surface area (Å²) in [6.07, 6.45) is 1.59. The summed E-state index contributed by atoms with van der Waals surface area (Å²) >= 11 is 3.39. The van der Waals surface area contributed by atoms with Crippen LogP contribution in [0.1, 0.15) is 21.5 Å². The van der Waals surface area contributed by atoms with Crippen molar-refractivity contribution in [2.45, 2.75) is 13.8 Å². The van der Waals surface area contributed by atoms with Gasteiger partial charge in [0.15, 0.2) is 0 Å². The number of rotatable bonds is 1. The second kappa shape index (κ2) is 4.87. The molecule has 0 amide bonds. The Balaban J connectivity index is 2.15. The second-order valence-electron chi connectivity index (χ2n) is 4.86. The van der Waals surface area contributed by atoms with E-state index in [2.05, 4.69) is 20.9 Å². The fourth-order valence-corrected chi connectivity index (χ4v) is 2.59. The maximum atomic E-state index is 12.6.